The molecule has 0 aromatic heterocycles. The molecule has 1 atom stereocenters. The average Bonchev–Trinajstić information content (AvgIpc) is 2.95. The van der Waals surface area contributed by atoms with Crippen LogP contribution in [0.15, 0.2) is 48.5 Å². The summed E-state index contributed by atoms with van der Waals surface area (Å²) in [5.41, 5.74) is -1.56. The van der Waals surface area contributed by atoms with Gasteiger partial charge in [0.25, 0.3) is 5.91 Å². The van der Waals surface area contributed by atoms with Crippen LogP contribution in [-0.4, -0.2) is 35.5 Å². The van der Waals surface area contributed by atoms with Gasteiger partial charge in [0.05, 0.1) is 0 Å². The summed E-state index contributed by atoms with van der Waals surface area (Å²) in [5, 5.41) is 4.41. The van der Waals surface area contributed by atoms with Crippen molar-refractivity contribution in [1.29, 1.82) is 0 Å². The van der Waals surface area contributed by atoms with E-state index in [0.717, 1.165) is 23.3 Å². The number of nitrogens with zero attached hydrogens (tertiary/aromatic N) is 1. The Labute approximate surface area is 177 Å². The number of carbonyl (C=O) groups excluding carboxylic acids is 3. The van der Waals surface area contributed by atoms with Crippen molar-refractivity contribution in [3.63, 3.8) is 0 Å². The first kappa shape index (κ1) is 22.3. The molecule has 4 amide bonds. The minimum atomic E-state index is -5.10. The van der Waals surface area contributed by atoms with E-state index in [9.17, 15) is 27.6 Å². The van der Waals surface area contributed by atoms with Gasteiger partial charge >= 0.3 is 12.2 Å². The van der Waals surface area contributed by atoms with Gasteiger partial charge in [0, 0.05) is 5.69 Å². The van der Waals surface area contributed by atoms with Crippen molar-refractivity contribution >= 4 is 23.5 Å². The molecule has 1 heterocycles. The van der Waals surface area contributed by atoms with Gasteiger partial charge in [-0.3, -0.25) is 14.5 Å². The molecule has 0 radical (unpaired) electrons. The van der Waals surface area contributed by atoms with Gasteiger partial charge in [0.15, 0.2) is 0 Å². The topological polar surface area (TPSA) is 78.5 Å². The van der Waals surface area contributed by atoms with Gasteiger partial charge in [-0.05, 0) is 29.5 Å². The Bertz CT molecular complexity index is 1020. The lowest BCUT2D eigenvalue weighted by molar-refractivity contribution is -0.198. The van der Waals surface area contributed by atoms with Crippen molar-refractivity contribution in [1.82, 2.24) is 10.2 Å². The summed E-state index contributed by atoms with van der Waals surface area (Å²) in [6.45, 7) is 4.79. The summed E-state index contributed by atoms with van der Waals surface area (Å²) in [6.07, 6.45) is -5.10. The summed E-state index contributed by atoms with van der Waals surface area (Å²) in [5.74, 6) is -2.24. The van der Waals surface area contributed by atoms with Crippen LogP contribution in [0.3, 0.4) is 0 Å². The highest BCUT2D eigenvalue weighted by Crippen LogP contribution is 2.43. The van der Waals surface area contributed by atoms with E-state index < -0.39 is 41.7 Å². The van der Waals surface area contributed by atoms with Crippen molar-refractivity contribution in [3.05, 3.63) is 65.2 Å². The Morgan fingerprint density at radius 1 is 1.10 bits per heavy atom. The smallest absolute Gasteiger partial charge is 0.324 e. The summed E-state index contributed by atoms with van der Waals surface area (Å²) in [4.78, 5) is 38.1. The maximum absolute atomic E-state index is 14.0. The Morgan fingerprint density at radius 3 is 2.32 bits per heavy atom. The lowest BCUT2D eigenvalue weighted by Gasteiger charge is -2.29. The summed E-state index contributed by atoms with van der Waals surface area (Å²) in [7, 11) is 0. The number of benzene rings is 2. The van der Waals surface area contributed by atoms with Crippen LogP contribution in [-0.2, 0) is 15.1 Å². The van der Waals surface area contributed by atoms with Crippen LogP contribution in [0.5, 0.6) is 0 Å². The molecule has 3 rings (SSSR count). The van der Waals surface area contributed by atoms with E-state index in [0.29, 0.717) is 10.6 Å². The highest BCUT2D eigenvalue weighted by atomic mass is 19.4. The Kier molecular flexibility index (Phi) is 5.80. The molecular formula is C22H22F3N3O3. The highest BCUT2D eigenvalue weighted by Gasteiger charge is 2.68. The monoisotopic (exact) mass is 433 g/mol. The van der Waals surface area contributed by atoms with Gasteiger partial charge in [-0.2, -0.15) is 13.2 Å². The molecule has 1 aliphatic rings. The number of para-hydroxylation sites is 1. The third-order valence-corrected chi connectivity index (χ3v) is 5.23. The van der Waals surface area contributed by atoms with Crippen molar-refractivity contribution in [2.24, 2.45) is 0 Å². The SMILES string of the molecule is Cc1cccc(C(C)C)c1NC(=O)CN1C(=O)NC(c2ccccc2)(C(F)(F)F)C1=O. The third-order valence-electron chi connectivity index (χ3n) is 5.23. The van der Waals surface area contributed by atoms with Gasteiger partial charge in [0.1, 0.15) is 6.54 Å². The normalized spacial score (nSPS) is 19.0. The second kappa shape index (κ2) is 8.05. The molecule has 1 unspecified atom stereocenters. The number of nitrogens with one attached hydrogen (secondary N) is 2. The van der Waals surface area contributed by atoms with Crippen LogP contribution in [0.4, 0.5) is 23.7 Å². The van der Waals surface area contributed by atoms with Gasteiger partial charge < -0.3 is 10.6 Å². The zero-order chi connectivity index (χ0) is 23.0. The third kappa shape index (κ3) is 3.87. The highest BCUT2D eigenvalue weighted by molar-refractivity contribution is 6.11. The molecule has 2 aromatic rings. The lowest BCUT2D eigenvalue weighted by atomic mass is 9.89. The van der Waals surface area contributed by atoms with Crippen LogP contribution >= 0.6 is 0 Å². The number of carbonyl (C=O) groups is 3. The number of aryl methyl sites for hydroxylation is 1. The molecule has 1 saturated heterocycles. The first-order chi connectivity index (χ1) is 14.5. The predicted octanol–water partition coefficient (Wildman–Crippen LogP) is 4.07. The minimum absolute atomic E-state index is 0.0721. The second-order valence-electron chi connectivity index (χ2n) is 7.68. The molecular weight excluding hydrogens is 411 g/mol. The van der Waals surface area contributed by atoms with Crippen LogP contribution < -0.4 is 10.6 Å². The average molecular weight is 433 g/mol. The number of amides is 4. The Hall–Kier alpha value is -3.36. The van der Waals surface area contributed by atoms with Crippen molar-refractivity contribution < 1.29 is 27.6 Å². The number of anilines is 1. The number of hydrogen-bond donors (Lipinski definition) is 2. The van der Waals surface area contributed by atoms with Crippen LogP contribution in [0.1, 0.15) is 36.5 Å². The van der Waals surface area contributed by atoms with Gasteiger partial charge in [0.2, 0.25) is 11.4 Å². The van der Waals surface area contributed by atoms with Crippen molar-refractivity contribution in [2.45, 2.75) is 38.4 Å². The molecule has 6 nitrogen and oxygen atoms in total. The molecule has 1 aliphatic heterocycles. The van der Waals surface area contributed by atoms with E-state index in [1.807, 2.05) is 26.0 Å². The van der Waals surface area contributed by atoms with Crippen LogP contribution in [0.2, 0.25) is 0 Å². The molecule has 164 valence electrons. The first-order valence-electron chi connectivity index (χ1n) is 9.64. The van der Waals surface area contributed by atoms with E-state index in [1.54, 1.807) is 18.3 Å². The second-order valence-corrected chi connectivity index (χ2v) is 7.68. The fourth-order valence-corrected chi connectivity index (χ4v) is 3.62. The van der Waals surface area contributed by atoms with Gasteiger partial charge in [-0.25, -0.2) is 4.79 Å². The minimum Gasteiger partial charge on any atom is -0.324 e. The van der Waals surface area contributed by atoms with E-state index in [1.165, 1.54) is 18.2 Å². The lowest BCUT2D eigenvalue weighted by Crippen LogP contribution is -2.56. The fourth-order valence-electron chi connectivity index (χ4n) is 3.62. The number of hydrogen-bond acceptors (Lipinski definition) is 3. The van der Waals surface area contributed by atoms with E-state index in [-0.39, 0.29) is 5.92 Å². The molecule has 31 heavy (non-hydrogen) atoms. The fraction of sp³-hybridized carbons (Fsp3) is 0.318. The zero-order valence-corrected chi connectivity index (χ0v) is 17.2. The zero-order valence-electron chi connectivity index (χ0n) is 17.2. The largest absolute Gasteiger partial charge is 0.425 e. The first-order valence-corrected chi connectivity index (χ1v) is 9.64. The standard InChI is InChI=1S/C22H22F3N3O3/c1-13(2)16-11-7-8-14(3)18(16)26-17(29)12-28-19(30)21(22(23,24)25,27-20(28)31)15-9-5-4-6-10-15/h4-11,13H,12H2,1-3H3,(H,26,29)(H,27,31). The summed E-state index contributed by atoms with van der Waals surface area (Å²) < 4.78 is 42.0. The van der Waals surface area contributed by atoms with Crippen LogP contribution in [0.25, 0.3) is 0 Å². The number of urea groups is 1. The predicted molar refractivity (Wildman–Crippen MR) is 108 cm³/mol. The molecule has 0 saturated carbocycles. The number of rotatable bonds is 5. The Balaban J connectivity index is 1.89. The molecule has 2 aromatic carbocycles. The molecule has 2 N–H and O–H groups in total. The van der Waals surface area contributed by atoms with E-state index in [2.05, 4.69) is 5.32 Å². The number of halogens is 3. The quantitative estimate of drug-likeness (QED) is 0.698. The molecule has 9 heteroatoms. The van der Waals surface area contributed by atoms with Crippen molar-refractivity contribution in [2.75, 3.05) is 11.9 Å². The molecule has 0 spiro atoms. The van der Waals surface area contributed by atoms with Gasteiger partial charge in [-0.1, -0.05) is 62.4 Å². The molecule has 0 aliphatic carbocycles. The van der Waals surface area contributed by atoms with Crippen molar-refractivity contribution in [3.8, 4) is 0 Å². The Morgan fingerprint density at radius 2 is 1.74 bits per heavy atom. The summed E-state index contributed by atoms with van der Waals surface area (Å²) >= 11 is 0. The maximum Gasteiger partial charge on any atom is 0.425 e. The van der Waals surface area contributed by atoms with Gasteiger partial charge in [-0.15, -0.1) is 0 Å². The van der Waals surface area contributed by atoms with E-state index in [4.69, 9.17) is 0 Å². The van der Waals surface area contributed by atoms with E-state index >= 15 is 0 Å². The molecule has 0 bridgehead atoms. The molecule has 1 fully saturated rings. The van der Waals surface area contributed by atoms with Crippen LogP contribution in [0, 0.1) is 6.92 Å². The number of alkyl halides is 3. The maximum atomic E-state index is 14.0. The summed E-state index contributed by atoms with van der Waals surface area (Å²) in [6, 6.07) is 10.5. The number of imide groups is 1.